The molecular weight excluding hydrogens is 220 g/mol. The van der Waals surface area contributed by atoms with Gasteiger partial charge in [0.15, 0.2) is 0 Å². The first-order valence-corrected chi connectivity index (χ1v) is 6.27. The van der Waals surface area contributed by atoms with E-state index in [0.29, 0.717) is 11.3 Å². The van der Waals surface area contributed by atoms with Crippen molar-refractivity contribution in [3.8, 4) is 0 Å². The fraction of sp³-hybridized carbons (Fsp3) is 0.462. The van der Waals surface area contributed by atoms with Crippen molar-refractivity contribution in [2.75, 3.05) is 0 Å². The Morgan fingerprint density at radius 3 is 2.81 bits per heavy atom. The fourth-order valence-electron chi connectivity index (χ4n) is 2.69. The van der Waals surface area contributed by atoms with Gasteiger partial charge >= 0.3 is 0 Å². The summed E-state index contributed by atoms with van der Waals surface area (Å²) in [5.74, 6) is 0. The smallest absolute Gasteiger partial charge is 0.204 e. The van der Waals surface area contributed by atoms with Gasteiger partial charge in [0.2, 0.25) is 5.28 Å². The average Bonchev–Trinajstić information content (AvgIpc) is 2.83. The van der Waals surface area contributed by atoms with Gasteiger partial charge in [0, 0.05) is 6.04 Å². The lowest BCUT2D eigenvalue weighted by Crippen LogP contribution is -2.04. The maximum atomic E-state index is 6.25. The largest absolute Gasteiger partial charge is 0.312 e. The number of fused-ring (bicyclic) bond motifs is 1. The quantitative estimate of drug-likeness (QED) is 0.726. The van der Waals surface area contributed by atoms with Crippen LogP contribution in [-0.4, -0.2) is 9.55 Å². The topological polar surface area (TPSA) is 17.8 Å². The van der Waals surface area contributed by atoms with Crippen molar-refractivity contribution in [2.24, 2.45) is 0 Å². The Morgan fingerprint density at radius 1 is 1.31 bits per heavy atom. The van der Waals surface area contributed by atoms with Gasteiger partial charge in [0.25, 0.3) is 0 Å². The molecule has 1 aliphatic rings. The molecule has 0 unspecified atom stereocenters. The molecule has 0 amide bonds. The summed E-state index contributed by atoms with van der Waals surface area (Å²) >= 11 is 6.25. The van der Waals surface area contributed by atoms with Crippen molar-refractivity contribution in [2.45, 2.75) is 38.6 Å². The van der Waals surface area contributed by atoms with E-state index in [1.165, 1.54) is 36.8 Å². The summed E-state index contributed by atoms with van der Waals surface area (Å²) in [5, 5.41) is 0.646. The van der Waals surface area contributed by atoms with Crippen LogP contribution in [0.4, 0.5) is 0 Å². The van der Waals surface area contributed by atoms with Crippen molar-refractivity contribution in [1.82, 2.24) is 9.55 Å². The standard InChI is InChI=1S/C13H15ClN2/c1-9-6-7-12-11(8-9)15-13(14)16(12)10-4-2-3-5-10/h6-8,10H,2-5H2,1H3. The van der Waals surface area contributed by atoms with Gasteiger partial charge in [-0.25, -0.2) is 4.98 Å². The minimum Gasteiger partial charge on any atom is -0.312 e. The minimum absolute atomic E-state index is 0.556. The molecule has 1 heterocycles. The number of aryl methyl sites for hydroxylation is 1. The van der Waals surface area contributed by atoms with Crippen LogP contribution >= 0.6 is 11.6 Å². The third kappa shape index (κ3) is 1.52. The molecule has 1 aromatic carbocycles. The first kappa shape index (κ1) is 10.2. The highest BCUT2D eigenvalue weighted by Crippen LogP contribution is 2.35. The first-order valence-electron chi connectivity index (χ1n) is 5.90. The van der Waals surface area contributed by atoms with Crippen LogP contribution in [0.5, 0.6) is 0 Å². The maximum absolute atomic E-state index is 6.25. The van der Waals surface area contributed by atoms with Gasteiger partial charge in [-0.2, -0.15) is 0 Å². The molecular formula is C13H15ClN2. The molecule has 1 saturated carbocycles. The molecule has 16 heavy (non-hydrogen) atoms. The van der Waals surface area contributed by atoms with E-state index in [-0.39, 0.29) is 0 Å². The lowest BCUT2D eigenvalue weighted by atomic mass is 10.2. The molecule has 2 aromatic rings. The predicted molar refractivity (Wildman–Crippen MR) is 67.0 cm³/mol. The molecule has 1 fully saturated rings. The maximum Gasteiger partial charge on any atom is 0.204 e. The molecule has 1 aromatic heterocycles. The highest BCUT2D eigenvalue weighted by Gasteiger charge is 2.21. The Balaban J connectivity index is 2.18. The van der Waals surface area contributed by atoms with Gasteiger partial charge in [0.1, 0.15) is 0 Å². The monoisotopic (exact) mass is 234 g/mol. The van der Waals surface area contributed by atoms with E-state index in [9.17, 15) is 0 Å². The predicted octanol–water partition coefficient (Wildman–Crippen LogP) is 4.11. The van der Waals surface area contributed by atoms with Crippen LogP contribution in [0.1, 0.15) is 37.3 Å². The Hall–Kier alpha value is -1.02. The number of benzene rings is 1. The highest BCUT2D eigenvalue weighted by atomic mass is 35.5. The van der Waals surface area contributed by atoms with Crippen molar-refractivity contribution in [3.05, 3.63) is 29.0 Å². The fourth-order valence-corrected chi connectivity index (χ4v) is 3.01. The molecule has 0 N–H and O–H groups in total. The summed E-state index contributed by atoms with van der Waals surface area (Å²) in [6.45, 7) is 2.09. The van der Waals surface area contributed by atoms with E-state index in [1.807, 2.05) is 0 Å². The Bertz CT molecular complexity index is 524. The lowest BCUT2D eigenvalue weighted by molar-refractivity contribution is 0.533. The van der Waals surface area contributed by atoms with E-state index in [0.717, 1.165) is 5.52 Å². The van der Waals surface area contributed by atoms with E-state index in [4.69, 9.17) is 11.6 Å². The highest BCUT2D eigenvalue weighted by molar-refractivity contribution is 6.29. The van der Waals surface area contributed by atoms with Crippen LogP contribution in [0.15, 0.2) is 18.2 Å². The van der Waals surface area contributed by atoms with E-state index in [2.05, 4.69) is 34.7 Å². The summed E-state index contributed by atoms with van der Waals surface area (Å²) in [4.78, 5) is 4.45. The van der Waals surface area contributed by atoms with Crippen LogP contribution in [0.3, 0.4) is 0 Å². The van der Waals surface area contributed by atoms with Gasteiger partial charge in [-0.3, -0.25) is 0 Å². The second-order valence-electron chi connectivity index (χ2n) is 4.68. The van der Waals surface area contributed by atoms with E-state index < -0.39 is 0 Å². The number of hydrogen-bond donors (Lipinski definition) is 0. The van der Waals surface area contributed by atoms with Crippen molar-refractivity contribution in [1.29, 1.82) is 0 Å². The molecule has 0 aliphatic heterocycles. The number of nitrogens with zero attached hydrogens (tertiary/aromatic N) is 2. The van der Waals surface area contributed by atoms with Gasteiger partial charge in [-0.15, -0.1) is 0 Å². The molecule has 3 heteroatoms. The zero-order chi connectivity index (χ0) is 11.1. The minimum atomic E-state index is 0.556. The first-order chi connectivity index (χ1) is 7.75. The van der Waals surface area contributed by atoms with Gasteiger partial charge in [-0.1, -0.05) is 18.9 Å². The Labute approximate surface area is 100 Å². The molecule has 0 bridgehead atoms. The van der Waals surface area contributed by atoms with Crippen LogP contribution in [-0.2, 0) is 0 Å². The Kier molecular flexibility index (Phi) is 2.40. The zero-order valence-corrected chi connectivity index (χ0v) is 10.2. The number of rotatable bonds is 1. The zero-order valence-electron chi connectivity index (χ0n) is 9.41. The van der Waals surface area contributed by atoms with Crippen LogP contribution in [0.2, 0.25) is 5.28 Å². The molecule has 0 radical (unpaired) electrons. The summed E-state index contributed by atoms with van der Waals surface area (Å²) < 4.78 is 2.21. The second-order valence-corrected chi connectivity index (χ2v) is 5.02. The molecule has 2 nitrogen and oxygen atoms in total. The number of aromatic nitrogens is 2. The summed E-state index contributed by atoms with van der Waals surface area (Å²) in [5.41, 5.74) is 3.44. The van der Waals surface area contributed by atoms with Crippen molar-refractivity contribution in [3.63, 3.8) is 0 Å². The van der Waals surface area contributed by atoms with Gasteiger partial charge < -0.3 is 4.57 Å². The van der Waals surface area contributed by atoms with Crippen LogP contribution < -0.4 is 0 Å². The van der Waals surface area contributed by atoms with E-state index in [1.54, 1.807) is 0 Å². The number of hydrogen-bond acceptors (Lipinski definition) is 1. The lowest BCUT2D eigenvalue weighted by Gasteiger charge is -2.13. The van der Waals surface area contributed by atoms with Crippen molar-refractivity contribution < 1.29 is 0 Å². The van der Waals surface area contributed by atoms with Crippen LogP contribution in [0, 0.1) is 6.92 Å². The number of halogens is 1. The van der Waals surface area contributed by atoms with Crippen molar-refractivity contribution >= 4 is 22.6 Å². The molecule has 3 rings (SSSR count). The normalized spacial score (nSPS) is 17.4. The third-order valence-corrected chi connectivity index (χ3v) is 3.76. The summed E-state index contributed by atoms with van der Waals surface area (Å²) in [6.07, 6.45) is 5.09. The molecule has 0 saturated heterocycles. The summed E-state index contributed by atoms with van der Waals surface area (Å²) in [6, 6.07) is 6.93. The Morgan fingerprint density at radius 2 is 2.06 bits per heavy atom. The molecule has 0 spiro atoms. The second kappa shape index (κ2) is 3.77. The average molecular weight is 235 g/mol. The third-order valence-electron chi connectivity index (χ3n) is 3.49. The van der Waals surface area contributed by atoms with E-state index >= 15 is 0 Å². The van der Waals surface area contributed by atoms with Gasteiger partial charge in [-0.05, 0) is 49.1 Å². The SMILES string of the molecule is Cc1ccc2c(c1)nc(Cl)n2C1CCCC1. The molecule has 0 atom stereocenters. The molecule has 84 valence electrons. The molecule has 1 aliphatic carbocycles. The number of imidazole rings is 1. The summed E-state index contributed by atoms with van der Waals surface area (Å²) in [7, 11) is 0. The van der Waals surface area contributed by atoms with Crippen LogP contribution in [0.25, 0.3) is 11.0 Å². The van der Waals surface area contributed by atoms with Gasteiger partial charge in [0.05, 0.1) is 11.0 Å².